The summed E-state index contributed by atoms with van der Waals surface area (Å²) in [5, 5.41) is 8.65. The highest BCUT2D eigenvalue weighted by Crippen LogP contribution is 2.38. The molecule has 0 radical (unpaired) electrons. The zero-order valence-corrected chi connectivity index (χ0v) is 12.5. The van der Waals surface area contributed by atoms with Crippen LogP contribution in [0.4, 0.5) is 5.82 Å². The van der Waals surface area contributed by atoms with Crippen molar-refractivity contribution in [3.63, 3.8) is 0 Å². The van der Waals surface area contributed by atoms with Crippen molar-refractivity contribution >= 4 is 11.7 Å². The molecule has 0 atom stereocenters. The number of carbonyl (C=O) groups excluding carboxylic acids is 1. The molecule has 1 aromatic rings. The van der Waals surface area contributed by atoms with Crippen LogP contribution in [0.3, 0.4) is 0 Å². The van der Waals surface area contributed by atoms with E-state index in [1.54, 1.807) is 0 Å². The summed E-state index contributed by atoms with van der Waals surface area (Å²) in [5.74, 6) is 1.63. The highest BCUT2D eigenvalue weighted by atomic mass is 16.5. The third-order valence-electron chi connectivity index (χ3n) is 4.05. The largest absolute Gasteiger partial charge is 0.372 e. The predicted molar refractivity (Wildman–Crippen MR) is 79.3 cm³/mol. The molecule has 2 fully saturated rings. The first-order chi connectivity index (χ1) is 10.3. The van der Waals surface area contributed by atoms with Gasteiger partial charge in [0.25, 0.3) is 0 Å². The lowest BCUT2D eigenvalue weighted by Gasteiger charge is -2.35. The van der Waals surface area contributed by atoms with Crippen LogP contribution in [0.5, 0.6) is 0 Å². The average molecular weight is 290 g/mol. The third-order valence-corrected chi connectivity index (χ3v) is 4.05. The van der Waals surface area contributed by atoms with Crippen molar-refractivity contribution in [2.24, 2.45) is 0 Å². The monoisotopic (exact) mass is 290 g/mol. The number of rotatable bonds is 5. The molecule has 114 valence electrons. The van der Waals surface area contributed by atoms with Crippen LogP contribution in [-0.4, -0.2) is 60.4 Å². The van der Waals surface area contributed by atoms with Crippen molar-refractivity contribution in [3.8, 4) is 0 Å². The third kappa shape index (κ3) is 3.50. The van der Waals surface area contributed by atoms with Crippen LogP contribution in [0.25, 0.3) is 0 Å². The number of ether oxygens (including phenoxy) is 1. The number of piperazine rings is 1. The highest BCUT2D eigenvalue weighted by molar-refractivity contribution is 5.77. The first-order valence-electron chi connectivity index (χ1n) is 7.72. The molecule has 0 spiro atoms. The highest BCUT2D eigenvalue weighted by Gasteiger charge is 2.26. The van der Waals surface area contributed by atoms with Gasteiger partial charge in [-0.3, -0.25) is 4.79 Å². The van der Waals surface area contributed by atoms with Crippen LogP contribution in [0.2, 0.25) is 0 Å². The number of amides is 1. The predicted octanol–water partition coefficient (Wildman–Crippen LogP) is 1.04. The Morgan fingerprint density at radius 2 is 2.00 bits per heavy atom. The SMILES string of the molecule is CCOCC(=O)N1CCN(c2ccc(C3CC3)nn2)CC1. The van der Waals surface area contributed by atoms with Crippen LogP contribution < -0.4 is 4.90 Å². The van der Waals surface area contributed by atoms with Gasteiger partial charge in [-0.2, -0.15) is 5.10 Å². The van der Waals surface area contributed by atoms with Crippen LogP contribution in [-0.2, 0) is 9.53 Å². The van der Waals surface area contributed by atoms with Gasteiger partial charge in [-0.15, -0.1) is 5.10 Å². The summed E-state index contributed by atoms with van der Waals surface area (Å²) in [4.78, 5) is 15.9. The Hall–Kier alpha value is -1.69. The maximum Gasteiger partial charge on any atom is 0.248 e. The second-order valence-electron chi connectivity index (χ2n) is 5.60. The van der Waals surface area contributed by atoms with Gasteiger partial charge in [0.2, 0.25) is 5.91 Å². The van der Waals surface area contributed by atoms with Crippen LogP contribution in [0.15, 0.2) is 12.1 Å². The lowest BCUT2D eigenvalue weighted by molar-refractivity contribution is -0.136. The minimum atomic E-state index is 0.0756. The fourth-order valence-corrected chi connectivity index (χ4v) is 2.57. The van der Waals surface area contributed by atoms with Gasteiger partial charge < -0.3 is 14.5 Å². The Morgan fingerprint density at radius 3 is 2.57 bits per heavy atom. The summed E-state index contributed by atoms with van der Waals surface area (Å²) >= 11 is 0. The topological polar surface area (TPSA) is 58.6 Å². The van der Waals surface area contributed by atoms with E-state index in [1.165, 1.54) is 12.8 Å². The summed E-state index contributed by atoms with van der Waals surface area (Å²) in [5.41, 5.74) is 1.12. The summed E-state index contributed by atoms with van der Waals surface area (Å²) < 4.78 is 5.17. The number of aromatic nitrogens is 2. The molecular formula is C15H22N4O2. The van der Waals surface area contributed by atoms with Gasteiger partial charge in [0.05, 0.1) is 5.69 Å². The number of anilines is 1. The summed E-state index contributed by atoms with van der Waals surface area (Å²) in [6.45, 7) is 5.71. The van der Waals surface area contributed by atoms with E-state index in [2.05, 4.69) is 27.2 Å². The Labute approximate surface area is 125 Å². The van der Waals surface area contributed by atoms with Crippen LogP contribution >= 0.6 is 0 Å². The molecule has 1 saturated heterocycles. The minimum absolute atomic E-state index is 0.0756. The van der Waals surface area contributed by atoms with E-state index in [1.807, 2.05) is 11.8 Å². The molecule has 0 N–H and O–H groups in total. The van der Waals surface area contributed by atoms with E-state index >= 15 is 0 Å². The molecule has 6 heteroatoms. The maximum atomic E-state index is 11.9. The molecule has 3 rings (SSSR count). The molecule has 6 nitrogen and oxygen atoms in total. The first kappa shape index (κ1) is 14.3. The molecule has 2 aliphatic rings. The standard InChI is InChI=1S/C15H22N4O2/c1-2-21-11-15(20)19-9-7-18(8-10-19)14-6-5-13(16-17-14)12-3-4-12/h5-6,12H,2-4,7-11H2,1H3. The second kappa shape index (κ2) is 6.39. The fraction of sp³-hybridized carbons (Fsp3) is 0.667. The van der Waals surface area contributed by atoms with Crippen molar-refractivity contribution in [2.45, 2.75) is 25.7 Å². The zero-order valence-electron chi connectivity index (χ0n) is 12.5. The molecule has 21 heavy (non-hydrogen) atoms. The molecule has 1 aromatic heterocycles. The molecule has 0 bridgehead atoms. The van der Waals surface area contributed by atoms with Gasteiger partial charge in [-0.25, -0.2) is 0 Å². The van der Waals surface area contributed by atoms with Gasteiger partial charge in [0.1, 0.15) is 6.61 Å². The van der Waals surface area contributed by atoms with Gasteiger partial charge in [-0.1, -0.05) is 0 Å². The van der Waals surface area contributed by atoms with E-state index in [0.29, 0.717) is 12.5 Å². The molecule has 1 amide bonds. The molecule has 2 heterocycles. The number of nitrogens with zero attached hydrogens (tertiary/aromatic N) is 4. The summed E-state index contributed by atoms with van der Waals surface area (Å²) in [7, 11) is 0. The lowest BCUT2D eigenvalue weighted by atomic mass is 10.2. The molecule has 1 aliphatic carbocycles. The van der Waals surface area contributed by atoms with Gasteiger partial charge in [0, 0.05) is 38.7 Å². The van der Waals surface area contributed by atoms with E-state index in [0.717, 1.165) is 37.7 Å². The lowest BCUT2D eigenvalue weighted by Crippen LogP contribution is -2.50. The quantitative estimate of drug-likeness (QED) is 0.811. The summed E-state index contributed by atoms with van der Waals surface area (Å²) in [6, 6.07) is 4.14. The normalized spacial score (nSPS) is 18.9. The van der Waals surface area contributed by atoms with E-state index < -0.39 is 0 Å². The van der Waals surface area contributed by atoms with Crippen molar-refractivity contribution in [1.29, 1.82) is 0 Å². The number of hydrogen-bond acceptors (Lipinski definition) is 5. The molecular weight excluding hydrogens is 268 g/mol. The van der Waals surface area contributed by atoms with Crippen LogP contribution in [0.1, 0.15) is 31.4 Å². The minimum Gasteiger partial charge on any atom is -0.372 e. The van der Waals surface area contributed by atoms with Gasteiger partial charge in [0.15, 0.2) is 5.82 Å². The number of hydrogen-bond donors (Lipinski definition) is 0. The molecule has 0 unspecified atom stereocenters. The van der Waals surface area contributed by atoms with Crippen molar-refractivity contribution in [3.05, 3.63) is 17.8 Å². The molecule has 0 aromatic carbocycles. The Bertz CT molecular complexity index is 479. The van der Waals surface area contributed by atoms with E-state index in [4.69, 9.17) is 4.74 Å². The van der Waals surface area contributed by atoms with Gasteiger partial charge in [-0.05, 0) is 31.9 Å². The average Bonchev–Trinajstić information content (AvgIpc) is 3.38. The Morgan fingerprint density at radius 1 is 1.24 bits per heavy atom. The van der Waals surface area contributed by atoms with Crippen molar-refractivity contribution in [2.75, 3.05) is 44.3 Å². The smallest absolute Gasteiger partial charge is 0.248 e. The molecule has 1 saturated carbocycles. The number of carbonyl (C=O) groups is 1. The Balaban J connectivity index is 1.51. The molecule has 1 aliphatic heterocycles. The van der Waals surface area contributed by atoms with E-state index in [9.17, 15) is 4.79 Å². The maximum absolute atomic E-state index is 11.9. The van der Waals surface area contributed by atoms with Crippen LogP contribution in [0, 0.1) is 0 Å². The Kier molecular flexibility index (Phi) is 4.34. The zero-order chi connectivity index (χ0) is 14.7. The first-order valence-corrected chi connectivity index (χ1v) is 7.72. The van der Waals surface area contributed by atoms with Gasteiger partial charge >= 0.3 is 0 Å². The van der Waals surface area contributed by atoms with Crippen molar-refractivity contribution < 1.29 is 9.53 Å². The van der Waals surface area contributed by atoms with Crippen molar-refractivity contribution in [1.82, 2.24) is 15.1 Å². The van der Waals surface area contributed by atoms with E-state index in [-0.39, 0.29) is 12.5 Å². The second-order valence-corrected chi connectivity index (χ2v) is 5.60. The summed E-state index contributed by atoms with van der Waals surface area (Å²) in [6.07, 6.45) is 2.49. The fourth-order valence-electron chi connectivity index (χ4n) is 2.57.